The number of nitrogens with two attached hydrogens (primary N) is 1. The van der Waals surface area contributed by atoms with Gasteiger partial charge >= 0.3 is 0 Å². The lowest BCUT2D eigenvalue weighted by Gasteiger charge is -2.07. The Bertz CT molecular complexity index is 491. The molecule has 3 N–H and O–H groups in total. The number of pyridine rings is 2. The quantitative estimate of drug-likeness (QED) is 0.805. The number of anilines is 3. The molecule has 0 aliphatic heterocycles. The third kappa shape index (κ3) is 2.28. The maximum atomic E-state index is 5.70. The van der Waals surface area contributed by atoms with E-state index in [0.29, 0.717) is 5.69 Å². The van der Waals surface area contributed by atoms with E-state index in [4.69, 9.17) is 5.73 Å². The predicted octanol–water partition coefficient (Wildman–Crippen LogP) is 2.42. The highest BCUT2D eigenvalue weighted by atomic mass is 15.0. The van der Waals surface area contributed by atoms with Crippen LogP contribution >= 0.6 is 0 Å². The average molecular weight is 214 g/mol. The molecule has 2 aromatic heterocycles. The minimum absolute atomic E-state index is 0.701. The molecule has 82 valence electrons. The summed E-state index contributed by atoms with van der Waals surface area (Å²) in [5.74, 6) is 0.775. The van der Waals surface area contributed by atoms with Crippen molar-refractivity contribution in [1.82, 2.24) is 9.97 Å². The lowest BCUT2D eigenvalue weighted by molar-refractivity contribution is 1.18. The van der Waals surface area contributed by atoms with E-state index in [1.165, 1.54) is 0 Å². The van der Waals surface area contributed by atoms with E-state index in [2.05, 4.69) is 15.3 Å². The van der Waals surface area contributed by atoms with Crippen LogP contribution in [0.2, 0.25) is 0 Å². The monoisotopic (exact) mass is 214 g/mol. The molecule has 2 heterocycles. The molecule has 0 unspecified atom stereocenters. The zero-order valence-electron chi connectivity index (χ0n) is 9.36. The summed E-state index contributed by atoms with van der Waals surface area (Å²) < 4.78 is 0. The van der Waals surface area contributed by atoms with Crippen molar-refractivity contribution >= 4 is 17.2 Å². The van der Waals surface area contributed by atoms with Crippen LogP contribution in [0.15, 0.2) is 30.5 Å². The fourth-order valence-electron chi connectivity index (χ4n) is 1.33. The van der Waals surface area contributed by atoms with Gasteiger partial charge in [-0.15, -0.1) is 0 Å². The molecule has 0 fully saturated rings. The first kappa shape index (κ1) is 10.4. The molecule has 0 atom stereocenters. The third-order valence-corrected chi connectivity index (χ3v) is 2.31. The molecule has 0 amide bonds. The molecule has 4 heteroatoms. The van der Waals surface area contributed by atoms with E-state index in [-0.39, 0.29) is 0 Å². The zero-order valence-corrected chi connectivity index (χ0v) is 9.36. The van der Waals surface area contributed by atoms with Gasteiger partial charge in [-0.3, -0.25) is 4.98 Å². The molecule has 0 aliphatic rings. The van der Waals surface area contributed by atoms with Crippen molar-refractivity contribution in [3.8, 4) is 0 Å². The van der Waals surface area contributed by atoms with Gasteiger partial charge in [0.15, 0.2) is 0 Å². The molecule has 2 aromatic rings. The molecule has 4 nitrogen and oxygen atoms in total. The molecule has 0 aromatic carbocycles. The summed E-state index contributed by atoms with van der Waals surface area (Å²) in [5, 5.41) is 3.17. The second-order valence-corrected chi connectivity index (χ2v) is 3.68. The number of aryl methyl sites for hydroxylation is 2. The van der Waals surface area contributed by atoms with E-state index < -0.39 is 0 Å². The largest absolute Gasteiger partial charge is 0.397 e. The minimum Gasteiger partial charge on any atom is -0.397 e. The fraction of sp³-hybridized carbons (Fsp3) is 0.167. The molecule has 0 saturated carbocycles. The number of aromatic nitrogens is 2. The van der Waals surface area contributed by atoms with Crippen LogP contribution in [-0.2, 0) is 0 Å². The van der Waals surface area contributed by atoms with Crippen molar-refractivity contribution < 1.29 is 0 Å². The predicted molar refractivity (Wildman–Crippen MR) is 65.6 cm³/mol. The van der Waals surface area contributed by atoms with Gasteiger partial charge in [0.25, 0.3) is 0 Å². The van der Waals surface area contributed by atoms with Gasteiger partial charge in [0.1, 0.15) is 5.82 Å². The number of rotatable bonds is 2. The highest BCUT2D eigenvalue weighted by Crippen LogP contribution is 2.16. The first-order valence-electron chi connectivity index (χ1n) is 5.08. The third-order valence-electron chi connectivity index (χ3n) is 2.31. The van der Waals surface area contributed by atoms with Gasteiger partial charge in [0.2, 0.25) is 0 Å². The molecule has 0 saturated heterocycles. The number of nitrogen functional groups attached to an aromatic ring is 1. The van der Waals surface area contributed by atoms with Crippen molar-refractivity contribution in [2.45, 2.75) is 13.8 Å². The van der Waals surface area contributed by atoms with Crippen LogP contribution in [0, 0.1) is 13.8 Å². The second kappa shape index (κ2) is 4.18. The van der Waals surface area contributed by atoms with Crippen LogP contribution in [0.5, 0.6) is 0 Å². The van der Waals surface area contributed by atoms with E-state index in [1.807, 2.05) is 38.1 Å². The fourth-order valence-corrected chi connectivity index (χ4v) is 1.33. The Morgan fingerprint density at radius 1 is 1.12 bits per heavy atom. The van der Waals surface area contributed by atoms with Crippen molar-refractivity contribution in [1.29, 1.82) is 0 Å². The standard InChI is InChI=1S/C12H14N4/c1-8-3-4-10(7-14-8)16-12-6-5-11(13)9(2)15-12/h3-7H,13H2,1-2H3,(H,15,16). The second-order valence-electron chi connectivity index (χ2n) is 3.68. The van der Waals surface area contributed by atoms with E-state index >= 15 is 0 Å². The van der Waals surface area contributed by atoms with Crippen molar-refractivity contribution in [3.05, 3.63) is 41.9 Å². The molecule has 0 bridgehead atoms. The van der Waals surface area contributed by atoms with Crippen LogP contribution in [0.25, 0.3) is 0 Å². The summed E-state index contributed by atoms with van der Waals surface area (Å²) in [6, 6.07) is 7.61. The van der Waals surface area contributed by atoms with Crippen molar-refractivity contribution in [2.75, 3.05) is 11.1 Å². The lowest BCUT2D eigenvalue weighted by Crippen LogP contribution is -1.98. The Hall–Kier alpha value is -2.10. The summed E-state index contributed by atoms with van der Waals surface area (Å²) >= 11 is 0. The smallest absolute Gasteiger partial charge is 0.130 e. The summed E-state index contributed by atoms with van der Waals surface area (Å²) in [6.45, 7) is 3.84. The number of nitrogens with zero attached hydrogens (tertiary/aromatic N) is 2. The molecular weight excluding hydrogens is 200 g/mol. The van der Waals surface area contributed by atoms with Crippen LogP contribution in [0.3, 0.4) is 0 Å². The summed E-state index contributed by atoms with van der Waals surface area (Å²) in [5.41, 5.74) is 9.14. The molecule has 16 heavy (non-hydrogen) atoms. The molecule has 0 radical (unpaired) electrons. The van der Waals surface area contributed by atoms with E-state index in [1.54, 1.807) is 6.20 Å². The van der Waals surface area contributed by atoms with E-state index in [0.717, 1.165) is 22.9 Å². The summed E-state index contributed by atoms with van der Waals surface area (Å²) in [4.78, 5) is 8.53. The van der Waals surface area contributed by atoms with Gasteiger partial charge in [0.05, 0.1) is 23.3 Å². The van der Waals surface area contributed by atoms with Gasteiger partial charge in [-0.1, -0.05) is 0 Å². The number of hydrogen-bond donors (Lipinski definition) is 2. The topological polar surface area (TPSA) is 63.8 Å². The maximum absolute atomic E-state index is 5.70. The minimum atomic E-state index is 0.701. The normalized spacial score (nSPS) is 10.1. The van der Waals surface area contributed by atoms with Crippen LogP contribution in [0.4, 0.5) is 17.2 Å². The first-order valence-corrected chi connectivity index (χ1v) is 5.08. The lowest BCUT2D eigenvalue weighted by atomic mass is 10.3. The Kier molecular flexibility index (Phi) is 2.72. The Balaban J connectivity index is 2.20. The summed E-state index contributed by atoms with van der Waals surface area (Å²) in [7, 11) is 0. The Labute approximate surface area is 94.5 Å². The van der Waals surface area contributed by atoms with E-state index in [9.17, 15) is 0 Å². The van der Waals surface area contributed by atoms with Gasteiger partial charge in [0, 0.05) is 5.69 Å². The van der Waals surface area contributed by atoms with Gasteiger partial charge in [-0.2, -0.15) is 0 Å². The number of nitrogens with one attached hydrogen (secondary N) is 1. The molecular formula is C12H14N4. The van der Waals surface area contributed by atoms with Crippen LogP contribution in [-0.4, -0.2) is 9.97 Å². The van der Waals surface area contributed by atoms with Crippen LogP contribution < -0.4 is 11.1 Å². The van der Waals surface area contributed by atoms with Gasteiger partial charge in [-0.25, -0.2) is 4.98 Å². The van der Waals surface area contributed by atoms with Crippen molar-refractivity contribution in [3.63, 3.8) is 0 Å². The zero-order chi connectivity index (χ0) is 11.5. The Morgan fingerprint density at radius 2 is 1.94 bits per heavy atom. The van der Waals surface area contributed by atoms with Crippen LogP contribution in [0.1, 0.15) is 11.4 Å². The highest BCUT2D eigenvalue weighted by molar-refractivity contribution is 5.58. The van der Waals surface area contributed by atoms with Gasteiger partial charge < -0.3 is 11.1 Å². The maximum Gasteiger partial charge on any atom is 0.130 e. The first-order chi connectivity index (χ1) is 7.65. The summed E-state index contributed by atoms with van der Waals surface area (Å²) in [6.07, 6.45) is 1.78. The highest BCUT2D eigenvalue weighted by Gasteiger charge is 1.99. The number of hydrogen-bond acceptors (Lipinski definition) is 4. The SMILES string of the molecule is Cc1ccc(Nc2ccc(N)c(C)n2)cn1. The molecule has 2 rings (SSSR count). The molecule has 0 spiro atoms. The Morgan fingerprint density at radius 3 is 2.56 bits per heavy atom. The average Bonchev–Trinajstić information content (AvgIpc) is 2.27. The molecule has 0 aliphatic carbocycles. The van der Waals surface area contributed by atoms with Crippen molar-refractivity contribution in [2.24, 2.45) is 0 Å². The van der Waals surface area contributed by atoms with Gasteiger partial charge in [-0.05, 0) is 38.1 Å².